The standard InChI is InChI=1S/C13H26N2O3/c1-4-5-6-7-8-9-10-14-13(17)15-11(2)12(16)18-3/h11H,4-10H2,1-3H3,(H2,14,15,17). The molecule has 0 aromatic carbocycles. The average Bonchev–Trinajstić information content (AvgIpc) is 2.36. The van der Waals surface area contributed by atoms with Gasteiger partial charge in [-0.25, -0.2) is 9.59 Å². The monoisotopic (exact) mass is 258 g/mol. The molecule has 0 heterocycles. The fourth-order valence-corrected chi connectivity index (χ4v) is 1.59. The topological polar surface area (TPSA) is 67.4 Å². The van der Waals surface area contributed by atoms with Crippen molar-refractivity contribution in [2.45, 2.75) is 58.4 Å². The third-order valence-electron chi connectivity index (χ3n) is 2.72. The Hall–Kier alpha value is -1.26. The van der Waals surface area contributed by atoms with E-state index in [0.717, 1.165) is 12.8 Å². The minimum Gasteiger partial charge on any atom is -0.467 e. The summed E-state index contributed by atoms with van der Waals surface area (Å²) in [5, 5.41) is 5.24. The Bertz CT molecular complexity index is 244. The summed E-state index contributed by atoms with van der Waals surface area (Å²) in [6, 6.07) is -0.930. The van der Waals surface area contributed by atoms with Crippen molar-refractivity contribution >= 4 is 12.0 Å². The SMILES string of the molecule is CCCCCCCCNC(=O)NC(C)C(=O)OC. The molecular weight excluding hydrogens is 232 g/mol. The Morgan fingerprint density at radius 3 is 2.33 bits per heavy atom. The fraction of sp³-hybridized carbons (Fsp3) is 0.846. The molecule has 0 rings (SSSR count). The summed E-state index contributed by atoms with van der Waals surface area (Å²) in [6.45, 7) is 4.43. The maximum atomic E-state index is 11.4. The van der Waals surface area contributed by atoms with Crippen LogP contribution in [0.3, 0.4) is 0 Å². The first kappa shape index (κ1) is 16.7. The maximum absolute atomic E-state index is 11.4. The lowest BCUT2D eigenvalue weighted by Gasteiger charge is -2.12. The van der Waals surface area contributed by atoms with Crippen molar-refractivity contribution in [3.63, 3.8) is 0 Å². The summed E-state index contributed by atoms with van der Waals surface area (Å²) < 4.78 is 4.51. The smallest absolute Gasteiger partial charge is 0.328 e. The summed E-state index contributed by atoms with van der Waals surface area (Å²) >= 11 is 0. The van der Waals surface area contributed by atoms with E-state index < -0.39 is 12.0 Å². The van der Waals surface area contributed by atoms with Crippen molar-refractivity contribution in [3.8, 4) is 0 Å². The van der Waals surface area contributed by atoms with Crippen LogP contribution in [0, 0.1) is 0 Å². The number of hydrogen-bond donors (Lipinski definition) is 2. The number of carbonyl (C=O) groups is 2. The molecule has 1 unspecified atom stereocenters. The zero-order chi connectivity index (χ0) is 13.8. The van der Waals surface area contributed by atoms with Gasteiger partial charge in [-0.05, 0) is 13.3 Å². The second-order valence-corrected chi connectivity index (χ2v) is 4.41. The van der Waals surface area contributed by atoms with Crippen molar-refractivity contribution in [1.82, 2.24) is 10.6 Å². The van der Waals surface area contributed by atoms with Gasteiger partial charge in [-0.15, -0.1) is 0 Å². The number of carbonyl (C=O) groups excluding carboxylic acids is 2. The third kappa shape index (κ3) is 8.84. The quantitative estimate of drug-likeness (QED) is 0.492. The van der Waals surface area contributed by atoms with Gasteiger partial charge in [0.1, 0.15) is 6.04 Å². The molecule has 2 amide bonds. The van der Waals surface area contributed by atoms with Gasteiger partial charge in [0.2, 0.25) is 0 Å². The Balaban J connectivity index is 3.45. The summed E-state index contributed by atoms with van der Waals surface area (Å²) in [4.78, 5) is 22.4. The molecule has 0 spiro atoms. The van der Waals surface area contributed by atoms with Crippen LogP contribution in [0.2, 0.25) is 0 Å². The van der Waals surface area contributed by atoms with Gasteiger partial charge in [0.15, 0.2) is 0 Å². The highest BCUT2D eigenvalue weighted by Gasteiger charge is 2.14. The van der Waals surface area contributed by atoms with Crippen LogP contribution in [0.4, 0.5) is 4.79 Å². The minimum atomic E-state index is -0.612. The first-order valence-corrected chi connectivity index (χ1v) is 6.74. The van der Waals surface area contributed by atoms with Gasteiger partial charge >= 0.3 is 12.0 Å². The third-order valence-corrected chi connectivity index (χ3v) is 2.72. The van der Waals surface area contributed by atoms with Crippen molar-refractivity contribution in [3.05, 3.63) is 0 Å². The van der Waals surface area contributed by atoms with E-state index >= 15 is 0 Å². The number of esters is 1. The zero-order valence-corrected chi connectivity index (χ0v) is 11.8. The van der Waals surface area contributed by atoms with E-state index in [-0.39, 0.29) is 6.03 Å². The molecule has 0 fully saturated rings. The highest BCUT2D eigenvalue weighted by Crippen LogP contribution is 2.03. The Kier molecular flexibility index (Phi) is 10.1. The lowest BCUT2D eigenvalue weighted by molar-refractivity contribution is -0.142. The van der Waals surface area contributed by atoms with Gasteiger partial charge in [-0.2, -0.15) is 0 Å². The van der Waals surface area contributed by atoms with E-state index in [4.69, 9.17) is 0 Å². The highest BCUT2D eigenvalue weighted by molar-refractivity contribution is 5.83. The van der Waals surface area contributed by atoms with Crippen molar-refractivity contribution in [1.29, 1.82) is 0 Å². The van der Waals surface area contributed by atoms with Crippen LogP contribution in [0.15, 0.2) is 0 Å². The van der Waals surface area contributed by atoms with Crippen LogP contribution in [0.25, 0.3) is 0 Å². The molecule has 5 nitrogen and oxygen atoms in total. The zero-order valence-electron chi connectivity index (χ0n) is 11.8. The van der Waals surface area contributed by atoms with Crippen molar-refractivity contribution in [2.75, 3.05) is 13.7 Å². The van der Waals surface area contributed by atoms with E-state index in [1.165, 1.54) is 32.8 Å². The molecule has 18 heavy (non-hydrogen) atoms. The second-order valence-electron chi connectivity index (χ2n) is 4.41. The number of nitrogens with one attached hydrogen (secondary N) is 2. The van der Waals surface area contributed by atoms with E-state index in [2.05, 4.69) is 22.3 Å². The average molecular weight is 258 g/mol. The molecule has 2 N–H and O–H groups in total. The molecular formula is C13H26N2O3. The van der Waals surface area contributed by atoms with Gasteiger partial charge in [0.25, 0.3) is 0 Å². The largest absolute Gasteiger partial charge is 0.467 e. The first-order valence-electron chi connectivity index (χ1n) is 6.74. The Labute approximate surface area is 110 Å². The van der Waals surface area contributed by atoms with Crippen molar-refractivity contribution < 1.29 is 14.3 Å². The number of ether oxygens (including phenoxy) is 1. The number of methoxy groups -OCH3 is 1. The van der Waals surface area contributed by atoms with Crippen LogP contribution in [0.5, 0.6) is 0 Å². The fourth-order valence-electron chi connectivity index (χ4n) is 1.59. The molecule has 0 aromatic heterocycles. The summed E-state index contributed by atoms with van der Waals surface area (Å²) in [5.74, 6) is -0.440. The van der Waals surface area contributed by atoms with Crippen LogP contribution in [-0.4, -0.2) is 31.7 Å². The summed E-state index contributed by atoms with van der Waals surface area (Å²) in [5.41, 5.74) is 0. The number of hydrogen-bond acceptors (Lipinski definition) is 3. The molecule has 106 valence electrons. The molecule has 5 heteroatoms. The highest BCUT2D eigenvalue weighted by atomic mass is 16.5. The summed E-state index contributed by atoms with van der Waals surface area (Å²) in [7, 11) is 1.30. The predicted molar refractivity (Wildman–Crippen MR) is 71.4 cm³/mol. The Morgan fingerprint density at radius 2 is 1.72 bits per heavy atom. The van der Waals surface area contributed by atoms with E-state index in [0.29, 0.717) is 6.54 Å². The molecule has 0 saturated heterocycles. The van der Waals surface area contributed by atoms with Crippen LogP contribution < -0.4 is 10.6 Å². The van der Waals surface area contributed by atoms with Crippen LogP contribution in [-0.2, 0) is 9.53 Å². The minimum absolute atomic E-state index is 0.318. The first-order chi connectivity index (χ1) is 8.61. The molecule has 0 aromatic rings. The maximum Gasteiger partial charge on any atom is 0.328 e. The molecule has 0 aliphatic heterocycles. The van der Waals surface area contributed by atoms with Crippen LogP contribution in [0.1, 0.15) is 52.4 Å². The molecule has 0 bridgehead atoms. The molecule has 1 atom stereocenters. The van der Waals surface area contributed by atoms with Gasteiger partial charge in [0.05, 0.1) is 7.11 Å². The van der Waals surface area contributed by atoms with E-state index in [1.807, 2.05) is 0 Å². The van der Waals surface area contributed by atoms with Gasteiger partial charge < -0.3 is 15.4 Å². The lowest BCUT2D eigenvalue weighted by Crippen LogP contribution is -2.45. The number of unbranched alkanes of at least 4 members (excludes halogenated alkanes) is 5. The Morgan fingerprint density at radius 1 is 1.11 bits per heavy atom. The van der Waals surface area contributed by atoms with Crippen LogP contribution >= 0.6 is 0 Å². The number of amides is 2. The van der Waals surface area contributed by atoms with E-state index in [9.17, 15) is 9.59 Å². The molecule has 0 aliphatic carbocycles. The van der Waals surface area contributed by atoms with E-state index in [1.54, 1.807) is 6.92 Å². The summed E-state index contributed by atoms with van der Waals surface area (Å²) in [6.07, 6.45) is 7.12. The predicted octanol–water partition coefficient (Wildman–Crippen LogP) is 2.21. The molecule has 0 radical (unpaired) electrons. The number of rotatable bonds is 9. The molecule has 0 saturated carbocycles. The normalized spacial score (nSPS) is 11.7. The van der Waals surface area contributed by atoms with Crippen molar-refractivity contribution in [2.24, 2.45) is 0 Å². The number of urea groups is 1. The van der Waals surface area contributed by atoms with Gasteiger partial charge in [0, 0.05) is 6.54 Å². The van der Waals surface area contributed by atoms with Gasteiger partial charge in [-0.3, -0.25) is 0 Å². The molecule has 0 aliphatic rings. The van der Waals surface area contributed by atoms with Gasteiger partial charge in [-0.1, -0.05) is 39.0 Å². The lowest BCUT2D eigenvalue weighted by atomic mass is 10.1. The second kappa shape index (κ2) is 10.9.